The molecule has 12 heavy (non-hydrogen) atoms. The summed E-state index contributed by atoms with van der Waals surface area (Å²) >= 11 is 0. The molecule has 1 fully saturated rings. The van der Waals surface area contributed by atoms with E-state index < -0.39 is 0 Å². The smallest absolute Gasteiger partial charge is 0.312 e. The zero-order chi connectivity index (χ0) is 9.03. The summed E-state index contributed by atoms with van der Waals surface area (Å²) in [7, 11) is 0. The van der Waals surface area contributed by atoms with Crippen LogP contribution in [0.15, 0.2) is 0 Å². The highest BCUT2D eigenvalue weighted by atomic mass is 16.5. The third-order valence-electron chi connectivity index (χ3n) is 2.69. The van der Waals surface area contributed by atoms with Gasteiger partial charge in [0.25, 0.3) is 0 Å². The lowest BCUT2D eigenvalue weighted by Gasteiger charge is -2.11. The molecule has 0 aromatic rings. The molecule has 0 aromatic carbocycles. The van der Waals surface area contributed by atoms with Crippen LogP contribution >= 0.6 is 0 Å². The summed E-state index contributed by atoms with van der Waals surface area (Å²) in [5.74, 6) is 0.0402. The fourth-order valence-corrected chi connectivity index (χ4v) is 1.32. The molecular weight excluding hydrogens is 152 g/mol. The number of carbonyl (C=O) groups is 1. The van der Waals surface area contributed by atoms with Gasteiger partial charge in [0.15, 0.2) is 0 Å². The summed E-state index contributed by atoms with van der Waals surface area (Å²) in [5, 5.41) is 0. The van der Waals surface area contributed by atoms with Gasteiger partial charge >= 0.3 is 5.97 Å². The standard InChI is InChI=1S/C10H18O2/c1-3-5-8-12-9(11)10(4-2)6-7-10/h3-8H2,1-2H3. The molecule has 0 aromatic heterocycles. The predicted octanol–water partition coefficient (Wildman–Crippen LogP) is 2.52. The Labute approximate surface area is 74.3 Å². The number of hydrogen-bond donors (Lipinski definition) is 0. The van der Waals surface area contributed by atoms with Crippen LogP contribution in [0.5, 0.6) is 0 Å². The van der Waals surface area contributed by atoms with Crippen LogP contribution in [-0.2, 0) is 9.53 Å². The molecule has 0 amide bonds. The zero-order valence-electron chi connectivity index (χ0n) is 8.06. The average Bonchev–Trinajstić information content (AvgIpc) is 2.85. The predicted molar refractivity (Wildman–Crippen MR) is 47.8 cm³/mol. The molecule has 70 valence electrons. The number of rotatable bonds is 5. The van der Waals surface area contributed by atoms with Crippen molar-refractivity contribution in [3.8, 4) is 0 Å². The first kappa shape index (κ1) is 9.56. The molecule has 0 radical (unpaired) electrons. The van der Waals surface area contributed by atoms with E-state index in [9.17, 15) is 4.79 Å². The van der Waals surface area contributed by atoms with Crippen LogP contribution in [0.1, 0.15) is 46.0 Å². The van der Waals surface area contributed by atoms with Crippen LogP contribution in [0.2, 0.25) is 0 Å². The van der Waals surface area contributed by atoms with Crippen molar-refractivity contribution in [2.45, 2.75) is 46.0 Å². The van der Waals surface area contributed by atoms with Gasteiger partial charge in [-0.25, -0.2) is 0 Å². The summed E-state index contributed by atoms with van der Waals surface area (Å²) in [6, 6.07) is 0. The van der Waals surface area contributed by atoms with E-state index in [1.807, 2.05) is 0 Å². The topological polar surface area (TPSA) is 26.3 Å². The van der Waals surface area contributed by atoms with Crippen LogP contribution in [0.4, 0.5) is 0 Å². The summed E-state index contributed by atoms with van der Waals surface area (Å²) in [5.41, 5.74) is -0.0618. The quantitative estimate of drug-likeness (QED) is 0.468. The maximum absolute atomic E-state index is 11.4. The van der Waals surface area contributed by atoms with Gasteiger partial charge in [0.2, 0.25) is 0 Å². The second-order valence-corrected chi connectivity index (χ2v) is 3.62. The summed E-state index contributed by atoms with van der Waals surface area (Å²) in [6.07, 6.45) is 5.10. The SMILES string of the molecule is CCCCOC(=O)C1(CC)CC1. The Kier molecular flexibility index (Phi) is 3.12. The Bertz CT molecular complexity index is 159. The Morgan fingerprint density at radius 1 is 1.42 bits per heavy atom. The average molecular weight is 170 g/mol. The number of hydrogen-bond acceptors (Lipinski definition) is 2. The molecule has 0 unspecified atom stereocenters. The van der Waals surface area contributed by atoms with E-state index in [0.29, 0.717) is 6.61 Å². The van der Waals surface area contributed by atoms with Gasteiger partial charge in [0.05, 0.1) is 12.0 Å². The lowest BCUT2D eigenvalue weighted by molar-refractivity contribution is -0.150. The summed E-state index contributed by atoms with van der Waals surface area (Å²) < 4.78 is 5.16. The minimum absolute atomic E-state index is 0.0402. The third kappa shape index (κ3) is 1.99. The maximum atomic E-state index is 11.4. The van der Waals surface area contributed by atoms with E-state index in [4.69, 9.17) is 4.74 Å². The molecular formula is C10H18O2. The number of carbonyl (C=O) groups excluding carboxylic acids is 1. The van der Waals surface area contributed by atoms with Crippen LogP contribution < -0.4 is 0 Å². The second kappa shape index (κ2) is 3.92. The van der Waals surface area contributed by atoms with Gasteiger partial charge in [-0.1, -0.05) is 20.3 Å². The molecule has 0 bridgehead atoms. The lowest BCUT2D eigenvalue weighted by Crippen LogP contribution is -2.18. The monoisotopic (exact) mass is 170 g/mol. The molecule has 0 N–H and O–H groups in total. The maximum Gasteiger partial charge on any atom is 0.312 e. The second-order valence-electron chi connectivity index (χ2n) is 3.62. The van der Waals surface area contributed by atoms with E-state index in [1.165, 1.54) is 0 Å². The van der Waals surface area contributed by atoms with Crippen molar-refractivity contribution >= 4 is 5.97 Å². The number of unbranched alkanes of at least 4 members (excludes halogenated alkanes) is 1. The molecule has 1 aliphatic rings. The fourth-order valence-electron chi connectivity index (χ4n) is 1.32. The molecule has 0 aliphatic heterocycles. The number of ether oxygens (including phenoxy) is 1. The highest BCUT2D eigenvalue weighted by molar-refractivity contribution is 5.79. The van der Waals surface area contributed by atoms with E-state index >= 15 is 0 Å². The van der Waals surface area contributed by atoms with Gasteiger partial charge in [0.1, 0.15) is 0 Å². The molecule has 1 saturated carbocycles. The van der Waals surface area contributed by atoms with Crippen molar-refractivity contribution in [2.24, 2.45) is 5.41 Å². The highest BCUT2D eigenvalue weighted by Gasteiger charge is 2.49. The first-order valence-corrected chi connectivity index (χ1v) is 4.92. The molecule has 1 aliphatic carbocycles. The van der Waals surface area contributed by atoms with Crippen LogP contribution in [0.25, 0.3) is 0 Å². The van der Waals surface area contributed by atoms with Crippen molar-refractivity contribution in [3.63, 3.8) is 0 Å². The molecule has 0 atom stereocenters. The summed E-state index contributed by atoms with van der Waals surface area (Å²) in [6.45, 7) is 4.77. The molecule has 2 nitrogen and oxygen atoms in total. The van der Waals surface area contributed by atoms with Crippen LogP contribution in [0, 0.1) is 5.41 Å². The van der Waals surface area contributed by atoms with Gasteiger partial charge < -0.3 is 4.74 Å². The minimum atomic E-state index is -0.0618. The van der Waals surface area contributed by atoms with E-state index in [1.54, 1.807) is 0 Å². The minimum Gasteiger partial charge on any atom is -0.465 e. The highest BCUT2D eigenvalue weighted by Crippen LogP contribution is 2.49. The zero-order valence-corrected chi connectivity index (χ0v) is 8.06. The Morgan fingerprint density at radius 2 is 2.08 bits per heavy atom. The van der Waals surface area contributed by atoms with Crippen LogP contribution in [-0.4, -0.2) is 12.6 Å². The molecule has 2 heteroatoms. The first-order chi connectivity index (χ1) is 5.75. The van der Waals surface area contributed by atoms with E-state index in [-0.39, 0.29) is 11.4 Å². The molecule has 1 rings (SSSR count). The Balaban J connectivity index is 2.20. The van der Waals surface area contributed by atoms with E-state index in [0.717, 1.165) is 32.1 Å². The fraction of sp³-hybridized carbons (Fsp3) is 0.900. The van der Waals surface area contributed by atoms with E-state index in [2.05, 4.69) is 13.8 Å². The number of esters is 1. The van der Waals surface area contributed by atoms with Gasteiger partial charge in [0, 0.05) is 0 Å². The lowest BCUT2D eigenvalue weighted by atomic mass is 10.1. The van der Waals surface area contributed by atoms with Crippen molar-refractivity contribution in [1.29, 1.82) is 0 Å². The van der Waals surface area contributed by atoms with Crippen molar-refractivity contribution in [1.82, 2.24) is 0 Å². The molecule has 0 saturated heterocycles. The van der Waals surface area contributed by atoms with Gasteiger partial charge in [-0.15, -0.1) is 0 Å². The van der Waals surface area contributed by atoms with Crippen molar-refractivity contribution in [2.75, 3.05) is 6.61 Å². The Hall–Kier alpha value is -0.530. The van der Waals surface area contributed by atoms with Gasteiger partial charge in [-0.2, -0.15) is 0 Å². The third-order valence-corrected chi connectivity index (χ3v) is 2.69. The van der Waals surface area contributed by atoms with Crippen LogP contribution in [0.3, 0.4) is 0 Å². The normalized spacial score (nSPS) is 18.8. The van der Waals surface area contributed by atoms with Crippen molar-refractivity contribution < 1.29 is 9.53 Å². The van der Waals surface area contributed by atoms with Crippen molar-refractivity contribution in [3.05, 3.63) is 0 Å². The Morgan fingerprint density at radius 3 is 2.50 bits per heavy atom. The molecule has 0 heterocycles. The van der Waals surface area contributed by atoms with Gasteiger partial charge in [-0.3, -0.25) is 4.79 Å². The first-order valence-electron chi connectivity index (χ1n) is 4.92. The molecule has 0 spiro atoms. The largest absolute Gasteiger partial charge is 0.465 e. The summed E-state index contributed by atoms with van der Waals surface area (Å²) in [4.78, 5) is 11.4. The van der Waals surface area contributed by atoms with Gasteiger partial charge in [-0.05, 0) is 25.7 Å².